The minimum absolute atomic E-state index is 0.353. The first-order chi connectivity index (χ1) is 7.70. The van der Waals surface area contributed by atoms with Crippen molar-refractivity contribution in [3.8, 4) is 0 Å². The molecule has 0 aliphatic carbocycles. The van der Waals surface area contributed by atoms with Crippen molar-refractivity contribution in [2.75, 3.05) is 6.61 Å². The van der Waals surface area contributed by atoms with Gasteiger partial charge >= 0.3 is 0 Å². The van der Waals surface area contributed by atoms with Crippen molar-refractivity contribution in [3.63, 3.8) is 0 Å². The molecule has 2 atom stereocenters. The Morgan fingerprint density at radius 3 is 2.94 bits per heavy atom. The Morgan fingerprint density at radius 1 is 1.56 bits per heavy atom. The zero-order valence-electron chi connectivity index (χ0n) is 9.28. The summed E-state index contributed by atoms with van der Waals surface area (Å²) in [6.07, 6.45) is 1.49. The van der Waals surface area contributed by atoms with Crippen LogP contribution in [-0.4, -0.2) is 18.0 Å². The first-order valence-corrected chi connectivity index (χ1v) is 7.14. The van der Waals surface area contributed by atoms with Crippen molar-refractivity contribution >= 4 is 27.7 Å². The SMILES string of the molecule is CC1OCCC1Sc1ccc(CN)cc1Br. The van der Waals surface area contributed by atoms with Crippen LogP contribution in [0.1, 0.15) is 18.9 Å². The van der Waals surface area contributed by atoms with Gasteiger partial charge in [0.2, 0.25) is 0 Å². The number of nitrogens with two attached hydrogens (primary N) is 1. The second-order valence-electron chi connectivity index (χ2n) is 3.99. The maximum absolute atomic E-state index is 5.61. The van der Waals surface area contributed by atoms with Crippen LogP contribution in [0.2, 0.25) is 0 Å². The van der Waals surface area contributed by atoms with E-state index in [1.54, 1.807) is 0 Å². The summed E-state index contributed by atoms with van der Waals surface area (Å²) in [7, 11) is 0. The van der Waals surface area contributed by atoms with Gasteiger partial charge in [-0.25, -0.2) is 0 Å². The molecule has 0 aromatic heterocycles. The average molecular weight is 302 g/mol. The molecule has 0 spiro atoms. The normalized spacial score (nSPS) is 24.9. The van der Waals surface area contributed by atoms with Crippen molar-refractivity contribution in [1.82, 2.24) is 0 Å². The Morgan fingerprint density at radius 2 is 2.38 bits per heavy atom. The molecule has 16 heavy (non-hydrogen) atoms. The van der Waals surface area contributed by atoms with Gasteiger partial charge in [0.1, 0.15) is 0 Å². The molecule has 1 fully saturated rings. The number of halogens is 1. The minimum Gasteiger partial charge on any atom is -0.377 e. The van der Waals surface area contributed by atoms with Crippen LogP contribution < -0.4 is 5.73 Å². The van der Waals surface area contributed by atoms with Crippen molar-refractivity contribution in [2.24, 2.45) is 5.73 Å². The third-order valence-electron chi connectivity index (χ3n) is 2.82. The smallest absolute Gasteiger partial charge is 0.0669 e. The molecule has 2 N–H and O–H groups in total. The Labute approximate surface area is 109 Å². The van der Waals surface area contributed by atoms with Crippen molar-refractivity contribution in [1.29, 1.82) is 0 Å². The largest absolute Gasteiger partial charge is 0.377 e. The molecule has 2 rings (SSSR count). The van der Waals surface area contributed by atoms with Crippen LogP contribution in [0.15, 0.2) is 27.6 Å². The van der Waals surface area contributed by atoms with E-state index in [0.717, 1.165) is 23.1 Å². The van der Waals surface area contributed by atoms with E-state index in [-0.39, 0.29) is 0 Å². The van der Waals surface area contributed by atoms with Gasteiger partial charge in [-0.05, 0) is 47.0 Å². The van der Waals surface area contributed by atoms with E-state index in [2.05, 4.69) is 41.1 Å². The lowest BCUT2D eigenvalue weighted by Gasteiger charge is -2.14. The Hall–Kier alpha value is -0.0300. The molecular formula is C12H16BrNOS. The van der Waals surface area contributed by atoms with Crippen LogP contribution in [0, 0.1) is 0 Å². The van der Waals surface area contributed by atoms with Crippen LogP contribution >= 0.6 is 27.7 Å². The van der Waals surface area contributed by atoms with Gasteiger partial charge in [0.15, 0.2) is 0 Å². The standard InChI is InChI=1S/C12H16BrNOS/c1-8-11(4-5-15-8)16-12-3-2-9(7-14)6-10(12)13/h2-3,6,8,11H,4-5,7,14H2,1H3. The number of hydrogen-bond acceptors (Lipinski definition) is 3. The van der Waals surface area contributed by atoms with Crippen LogP contribution in [-0.2, 0) is 11.3 Å². The van der Waals surface area contributed by atoms with Gasteiger partial charge in [-0.15, -0.1) is 11.8 Å². The van der Waals surface area contributed by atoms with Crippen molar-refractivity contribution < 1.29 is 4.74 Å². The topological polar surface area (TPSA) is 35.2 Å². The fourth-order valence-electron chi connectivity index (χ4n) is 1.80. The molecule has 0 saturated carbocycles. The maximum atomic E-state index is 5.61. The molecule has 1 aliphatic heterocycles. The summed E-state index contributed by atoms with van der Waals surface area (Å²) in [4.78, 5) is 1.28. The zero-order valence-corrected chi connectivity index (χ0v) is 11.7. The summed E-state index contributed by atoms with van der Waals surface area (Å²) < 4.78 is 6.70. The van der Waals surface area contributed by atoms with E-state index in [9.17, 15) is 0 Å². The molecular weight excluding hydrogens is 286 g/mol. The van der Waals surface area contributed by atoms with E-state index in [1.165, 1.54) is 4.90 Å². The first-order valence-electron chi connectivity index (χ1n) is 5.47. The fraction of sp³-hybridized carbons (Fsp3) is 0.500. The Kier molecular flexibility index (Phi) is 4.30. The molecule has 1 saturated heterocycles. The highest BCUT2D eigenvalue weighted by Gasteiger charge is 2.25. The number of benzene rings is 1. The van der Waals surface area contributed by atoms with Gasteiger partial charge in [0, 0.05) is 27.8 Å². The summed E-state index contributed by atoms with van der Waals surface area (Å²) >= 11 is 5.49. The quantitative estimate of drug-likeness (QED) is 0.931. The fourth-order valence-corrected chi connectivity index (χ4v) is 3.63. The summed E-state index contributed by atoms with van der Waals surface area (Å²) in [6, 6.07) is 6.33. The predicted octanol–water partition coefficient (Wildman–Crippen LogP) is 3.18. The van der Waals surface area contributed by atoms with E-state index in [1.807, 2.05) is 11.8 Å². The maximum Gasteiger partial charge on any atom is 0.0669 e. The number of ether oxygens (including phenoxy) is 1. The first kappa shape index (κ1) is 12.4. The van der Waals surface area contributed by atoms with Crippen LogP contribution in [0.25, 0.3) is 0 Å². The lowest BCUT2D eigenvalue weighted by molar-refractivity contribution is 0.127. The summed E-state index contributed by atoms with van der Waals surface area (Å²) in [5.41, 5.74) is 6.77. The third kappa shape index (κ3) is 2.80. The van der Waals surface area contributed by atoms with Crippen molar-refractivity contribution in [3.05, 3.63) is 28.2 Å². The van der Waals surface area contributed by atoms with Crippen LogP contribution in [0.5, 0.6) is 0 Å². The van der Waals surface area contributed by atoms with E-state index >= 15 is 0 Å². The minimum atomic E-state index is 0.353. The van der Waals surface area contributed by atoms with E-state index in [0.29, 0.717) is 17.9 Å². The molecule has 0 bridgehead atoms. The molecule has 1 aromatic rings. The molecule has 4 heteroatoms. The number of rotatable bonds is 3. The number of hydrogen-bond donors (Lipinski definition) is 1. The summed E-state index contributed by atoms with van der Waals surface area (Å²) in [6.45, 7) is 3.62. The van der Waals surface area contributed by atoms with Crippen LogP contribution in [0.4, 0.5) is 0 Å². The zero-order chi connectivity index (χ0) is 11.5. The lowest BCUT2D eigenvalue weighted by Crippen LogP contribution is -2.13. The predicted molar refractivity (Wildman–Crippen MR) is 71.7 cm³/mol. The van der Waals surface area contributed by atoms with E-state index in [4.69, 9.17) is 10.5 Å². The highest BCUT2D eigenvalue weighted by atomic mass is 79.9. The lowest BCUT2D eigenvalue weighted by atomic mass is 10.2. The van der Waals surface area contributed by atoms with Gasteiger partial charge < -0.3 is 10.5 Å². The second-order valence-corrected chi connectivity index (χ2v) is 6.13. The van der Waals surface area contributed by atoms with Gasteiger partial charge in [-0.2, -0.15) is 0 Å². The highest BCUT2D eigenvalue weighted by molar-refractivity contribution is 9.10. The molecule has 2 unspecified atom stereocenters. The highest BCUT2D eigenvalue weighted by Crippen LogP contribution is 2.36. The molecule has 0 radical (unpaired) electrons. The summed E-state index contributed by atoms with van der Waals surface area (Å²) in [5, 5.41) is 0.569. The summed E-state index contributed by atoms with van der Waals surface area (Å²) in [5.74, 6) is 0. The second kappa shape index (κ2) is 5.54. The molecule has 0 amide bonds. The Bertz CT molecular complexity index is 372. The van der Waals surface area contributed by atoms with Crippen molar-refractivity contribution in [2.45, 2.75) is 36.1 Å². The van der Waals surface area contributed by atoms with Gasteiger partial charge in [0.25, 0.3) is 0 Å². The molecule has 1 aliphatic rings. The molecule has 2 nitrogen and oxygen atoms in total. The molecule has 1 aromatic carbocycles. The third-order valence-corrected chi connectivity index (χ3v) is 5.27. The van der Waals surface area contributed by atoms with Gasteiger partial charge in [0.05, 0.1) is 6.10 Å². The average Bonchev–Trinajstić information content (AvgIpc) is 2.67. The van der Waals surface area contributed by atoms with Crippen LogP contribution in [0.3, 0.4) is 0 Å². The molecule has 88 valence electrons. The van der Waals surface area contributed by atoms with Gasteiger partial charge in [-0.3, -0.25) is 0 Å². The molecule has 1 heterocycles. The Balaban J connectivity index is 2.09. The monoisotopic (exact) mass is 301 g/mol. The number of thioether (sulfide) groups is 1. The van der Waals surface area contributed by atoms with E-state index < -0.39 is 0 Å². The van der Waals surface area contributed by atoms with Gasteiger partial charge in [-0.1, -0.05) is 6.07 Å².